The monoisotopic (exact) mass is 527 g/mol. The summed E-state index contributed by atoms with van der Waals surface area (Å²) in [7, 11) is 0. The summed E-state index contributed by atoms with van der Waals surface area (Å²) in [4.78, 5) is 61.2. The second-order valence-electron chi connectivity index (χ2n) is 9.12. The molecule has 0 bridgehead atoms. The van der Waals surface area contributed by atoms with E-state index in [9.17, 15) is 32.8 Å². The number of hydrogen-bond acceptors (Lipinski definition) is 6. The smallest absolute Gasteiger partial charge is 0.408 e. The molecule has 1 aromatic carbocycles. The second-order valence-corrected chi connectivity index (χ2v) is 9.12. The number of alkyl halides is 2. The molecule has 0 saturated heterocycles. The lowest BCUT2D eigenvalue weighted by Crippen LogP contribution is -2.58. The number of Topliss-reactive ketones (excluding diaryl/α,β-unsaturated/α-hetero) is 1. The summed E-state index contributed by atoms with van der Waals surface area (Å²) in [6.45, 7) is 6.98. The minimum absolute atomic E-state index is 0.0248. The maximum atomic E-state index is 13.1. The third kappa shape index (κ3) is 11.4. The number of ketones is 1. The van der Waals surface area contributed by atoms with Gasteiger partial charge in [-0.1, -0.05) is 64.4 Å². The number of aliphatic carboxylic acids is 1. The summed E-state index contributed by atoms with van der Waals surface area (Å²) in [5.74, 6) is -5.79. The lowest BCUT2D eigenvalue weighted by atomic mass is 9.96. The first kappa shape index (κ1) is 31.5. The number of ether oxygens (including phenoxy) is 1. The van der Waals surface area contributed by atoms with Gasteiger partial charge in [0.05, 0.1) is 0 Å². The number of carboxylic acids is 1. The number of rotatable bonds is 15. The zero-order valence-electron chi connectivity index (χ0n) is 21.3. The van der Waals surface area contributed by atoms with Crippen molar-refractivity contribution in [3.63, 3.8) is 0 Å². The van der Waals surface area contributed by atoms with Gasteiger partial charge in [-0.15, -0.1) is 0 Å². The van der Waals surface area contributed by atoms with Crippen molar-refractivity contribution < 1.29 is 42.6 Å². The lowest BCUT2D eigenvalue weighted by Gasteiger charge is -2.27. The number of halogens is 2. The number of amides is 3. The van der Waals surface area contributed by atoms with Gasteiger partial charge in [-0.25, -0.2) is 18.4 Å². The fourth-order valence-electron chi connectivity index (χ4n) is 3.39. The van der Waals surface area contributed by atoms with E-state index in [1.165, 1.54) is 0 Å². The number of alkyl carbamates (subject to hydrolysis) is 1. The fraction of sp³-hybridized carbons (Fsp3) is 0.560. The predicted molar refractivity (Wildman–Crippen MR) is 130 cm³/mol. The van der Waals surface area contributed by atoms with Gasteiger partial charge in [-0.2, -0.15) is 0 Å². The molecule has 12 heteroatoms. The molecule has 0 spiro atoms. The number of benzene rings is 1. The minimum atomic E-state index is -3.05. The van der Waals surface area contributed by atoms with Gasteiger partial charge in [-0.3, -0.25) is 14.4 Å². The third-order valence-electron chi connectivity index (χ3n) is 5.58. The Kier molecular flexibility index (Phi) is 13.2. The molecule has 0 fully saturated rings. The molecule has 206 valence electrons. The van der Waals surface area contributed by atoms with E-state index >= 15 is 0 Å². The number of carbonyl (C=O) groups is 5. The van der Waals surface area contributed by atoms with Gasteiger partial charge in [0.15, 0.2) is 0 Å². The average Bonchev–Trinajstić information content (AvgIpc) is 2.84. The van der Waals surface area contributed by atoms with Gasteiger partial charge >= 0.3 is 12.1 Å². The second kappa shape index (κ2) is 15.5. The molecule has 0 aliphatic rings. The largest absolute Gasteiger partial charge is 0.475 e. The van der Waals surface area contributed by atoms with Crippen molar-refractivity contribution in [3.8, 4) is 0 Å². The topological polar surface area (TPSA) is 151 Å². The van der Waals surface area contributed by atoms with Crippen LogP contribution in [-0.4, -0.2) is 59.3 Å². The van der Waals surface area contributed by atoms with E-state index in [1.807, 2.05) is 11.4 Å². The van der Waals surface area contributed by atoms with E-state index < -0.39 is 60.6 Å². The Morgan fingerprint density at radius 3 is 2.00 bits per heavy atom. The van der Waals surface area contributed by atoms with E-state index in [1.54, 1.807) is 52.0 Å². The predicted octanol–water partition coefficient (Wildman–Crippen LogP) is 2.65. The van der Waals surface area contributed by atoms with Gasteiger partial charge in [0.1, 0.15) is 24.7 Å². The molecule has 0 saturated carbocycles. The highest BCUT2D eigenvalue weighted by molar-refractivity contribution is 6.35. The van der Waals surface area contributed by atoms with Crippen LogP contribution in [0.3, 0.4) is 0 Å². The van der Waals surface area contributed by atoms with Gasteiger partial charge in [-0.05, 0) is 23.8 Å². The molecule has 0 aromatic heterocycles. The van der Waals surface area contributed by atoms with Crippen LogP contribution in [0, 0.1) is 11.8 Å². The molecule has 0 aliphatic heterocycles. The Morgan fingerprint density at radius 2 is 1.49 bits per heavy atom. The molecule has 4 N–H and O–H groups in total. The molecular weight excluding hydrogens is 492 g/mol. The Bertz CT molecular complexity index is 928. The van der Waals surface area contributed by atoms with Crippen LogP contribution in [-0.2, 0) is 30.5 Å². The van der Waals surface area contributed by atoms with Gasteiger partial charge < -0.3 is 25.8 Å². The van der Waals surface area contributed by atoms with Gasteiger partial charge in [0.25, 0.3) is 5.78 Å². The molecule has 1 rings (SSSR count). The highest BCUT2D eigenvalue weighted by Gasteiger charge is 2.34. The first-order valence-corrected chi connectivity index (χ1v) is 12.0. The van der Waals surface area contributed by atoms with Crippen LogP contribution in [0.5, 0.6) is 0 Å². The molecule has 4 atom stereocenters. The summed E-state index contributed by atoms with van der Waals surface area (Å²) < 4.78 is 31.0. The molecular formula is C25H35F2N3O7. The maximum absolute atomic E-state index is 13.1. The van der Waals surface area contributed by atoms with E-state index in [4.69, 9.17) is 9.84 Å². The van der Waals surface area contributed by atoms with Crippen molar-refractivity contribution in [1.29, 1.82) is 0 Å². The lowest BCUT2D eigenvalue weighted by molar-refractivity contribution is -0.151. The zero-order valence-corrected chi connectivity index (χ0v) is 21.3. The Morgan fingerprint density at radius 1 is 0.892 bits per heavy atom. The molecule has 1 aromatic rings. The van der Waals surface area contributed by atoms with Crippen molar-refractivity contribution in [2.45, 2.75) is 78.1 Å². The minimum Gasteiger partial charge on any atom is -0.475 e. The summed E-state index contributed by atoms with van der Waals surface area (Å²) in [6, 6.07) is 4.56. The summed E-state index contributed by atoms with van der Waals surface area (Å²) in [5, 5.41) is 15.9. The van der Waals surface area contributed by atoms with Crippen LogP contribution in [0.1, 0.15) is 52.5 Å². The highest BCUT2D eigenvalue weighted by atomic mass is 19.3. The van der Waals surface area contributed by atoms with Crippen LogP contribution in [0.4, 0.5) is 13.6 Å². The van der Waals surface area contributed by atoms with Crippen LogP contribution in [0.2, 0.25) is 0 Å². The van der Waals surface area contributed by atoms with Crippen molar-refractivity contribution in [2.75, 3.05) is 0 Å². The van der Waals surface area contributed by atoms with Crippen LogP contribution < -0.4 is 16.0 Å². The average molecular weight is 528 g/mol. The van der Waals surface area contributed by atoms with Crippen molar-refractivity contribution in [3.05, 3.63) is 35.9 Å². The van der Waals surface area contributed by atoms with Crippen molar-refractivity contribution in [1.82, 2.24) is 16.0 Å². The summed E-state index contributed by atoms with van der Waals surface area (Å²) >= 11 is 0. The summed E-state index contributed by atoms with van der Waals surface area (Å²) in [6.07, 6.45) is -4.54. The van der Waals surface area contributed by atoms with Gasteiger partial charge in [0.2, 0.25) is 18.2 Å². The molecule has 0 aliphatic carbocycles. The molecule has 3 unspecified atom stereocenters. The highest BCUT2D eigenvalue weighted by Crippen LogP contribution is 2.13. The van der Waals surface area contributed by atoms with Crippen LogP contribution in [0.25, 0.3) is 0 Å². The van der Waals surface area contributed by atoms with E-state index in [2.05, 4.69) is 10.6 Å². The maximum Gasteiger partial charge on any atom is 0.408 e. The van der Waals surface area contributed by atoms with E-state index in [-0.39, 0.29) is 24.9 Å². The Labute approximate surface area is 214 Å². The van der Waals surface area contributed by atoms with Crippen molar-refractivity contribution in [2.24, 2.45) is 11.8 Å². The fourth-order valence-corrected chi connectivity index (χ4v) is 3.39. The zero-order chi connectivity index (χ0) is 28.1. The standard InChI is InChI=1S/C25H35F2N3O7/c1-5-15(4)20(30-25(36)37-13-16-9-7-6-8-10-16)23(33)29-18(11-14(2)3)22(32)28-17(12-19(26)27)21(31)24(34)35/h6-10,14-15,17-20H,5,11-13H2,1-4H3,(H,28,32)(H,29,33)(H,30,36)(H,34,35)/t15-,17?,18?,20?/m0/s1. The Hall–Kier alpha value is -3.57. The molecule has 10 nitrogen and oxygen atoms in total. The SMILES string of the molecule is CC[C@H](C)C(NC(=O)OCc1ccccc1)C(=O)NC(CC(C)C)C(=O)NC(CC(F)F)C(=O)C(=O)O. The normalized spacial score (nSPS) is 14.3. The van der Waals surface area contributed by atoms with E-state index in [0.717, 1.165) is 5.56 Å². The first-order valence-electron chi connectivity index (χ1n) is 12.0. The number of carbonyl (C=O) groups excluding carboxylic acids is 4. The van der Waals surface area contributed by atoms with Crippen LogP contribution >= 0.6 is 0 Å². The quantitative estimate of drug-likeness (QED) is 0.256. The molecule has 3 amide bonds. The van der Waals surface area contributed by atoms with Crippen molar-refractivity contribution >= 4 is 29.7 Å². The third-order valence-corrected chi connectivity index (χ3v) is 5.58. The van der Waals surface area contributed by atoms with Gasteiger partial charge in [0, 0.05) is 6.42 Å². The first-order chi connectivity index (χ1) is 17.3. The Balaban J connectivity index is 2.98. The molecule has 37 heavy (non-hydrogen) atoms. The molecule has 0 radical (unpaired) electrons. The van der Waals surface area contributed by atoms with Crippen LogP contribution in [0.15, 0.2) is 30.3 Å². The number of carboxylic acid groups (broad SMARTS) is 1. The van der Waals surface area contributed by atoms with E-state index in [0.29, 0.717) is 6.42 Å². The molecule has 0 heterocycles. The summed E-state index contributed by atoms with van der Waals surface area (Å²) in [5.41, 5.74) is 0.741. The number of nitrogens with one attached hydrogen (secondary N) is 3. The number of hydrogen-bond donors (Lipinski definition) is 4.